The first-order valence-corrected chi connectivity index (χ1v) is 17.3. The zero-order chi connectivity index (χ0) is 30.4. The number of nitrogens with zero attached hydrogens (tertiary/aromatic N) is 1. The molecule has 1 saturated heterocycles. The lowest BCUT2D eigenvalue weighted by atomic mass is 9.93. The molecule has 8 nitrogen and oxygen atoms in total. The van der Waals surface area contributed by atoms with Crippen molar-refractivity contribution in [2.24, 2.45) is 5.92 Å². The highest BCUT2D eigenvalue weighted by molar-refractivity contribution is 7.80. The minimum Gasteiger partial charge on any atom is -0.390 e. The van der Waals surface area contributed by atoms with Crippen molar-refractivity contribution < 1.29 is 14.6 Å². The summed E-state index contributed by atoms with van der Waals surface area (Å²) in [7, 11) is 1.56. The van der Waals surface area contributed by atoms with Gasteiger partial charge >= 0.3 is 5.69 Å². The van der Waals surface area contributed by atoms with Crippen LogP contribution in [0.5, 0.6) is 0 Å². The second kappa shape index (κ2) is 22.9. The van der Waals surface area contributed by atoms with Gasteiger partial charge in [0.25, 0.3) is 5.56 Å². The Morgan fingerprint density at radius 1 is 0.929 bits per heavy atom. The lowest BCUT2D eigenvalue weighted by Gasteiger charge is -2.21. The molecule has 4 atom stereocenters. The van der Waals surface area contributed by atoms with Crippen LogP contribution < -0.4 is 16.6 Å². The maximum absolute atomic E-state index is 12.3. The summed E-state index contributed by atoms with van der Waals surface area (Å²) in [5.74, 6) is -0.238. The zero-order valence-corrected chi connectivity index (χ0v) is 27.3. The van der Waals surface area contributed by atoms with Gasteiger partial charge in [-0.3, -0.25) is 14.3 Å². The summed E-state index contributed by atoms with van der Waals surface area (Å²) in [6, 6.07) is 1.30. The third-order valence-electron chi connectivity index (χ3n) is 8.50. The lowest BCUT2D eigenvalue weighted by molar-refractivity contribution is -0.0566. The first kappa shape index (κ1) is 36.6. The van der Waals surface area contributed by atoms with Gasteiger partial charge in [-0.25, -0.2) is 4.79 Å². The number of aliphatic hydroxyl groups is 1. The third kappa shape index (κ3) is 14.8. The molecule has 0 radical (unpaired) electrons. The Kier molecular flexibility index (Phi) is 20.0. The predicted octanol–water partition coefficient (Wildman–Crippen LogP) is 6.80. The van der Waals surface area contributed by atoms with Crippen LogP contribution in [-0.2, 0) is 9.47 Å². The molecule has 0 saturated carbocycles. The highest BCUT2D eigenvalue weighted by atomic mass is 32.1. The highest BCUT2D eigenvalue weighted by Gasteiger charge is 2.44. The highest BCUT2D eigenvalue weighted by Crippen LogP contribution is 2.37. The maximum Gasteiger partial charge on any atom is 0.330 e. The Bertz CT molecular complexity index is 952. The van der Waals surface area contributed by atoms with E-state index in [1.165, 1.54) is 100 Å². The molecule has 0 amide bonds. The summed E-state index contributed by atoms with van der Waals surface area (Å²) < 4.78 is 12.6. The van der Waals surface area contributed by atoms with Gasteiger partial charge in [0.15, 0.2) is 0 Å². The van der Waals surface area contributed by atoms with Crippen LogP contribution in [0.4, 0.5) is 0 Å². The quantitative estimate of drug-likeness (QED) is 0.0827. The van der Waals surface area contributed by atoms with E-state index in [2.05, 4.69) is 17.2 Å². The zero-order valence-electron chi connectivity index (χ0n) is 26.5. The van der Waals surface area contributed by atoms with E-state index in [0.717, 1.165) is 56.5 Å². The molecule has 2 rings (SSSR count). The number of H-pyrrole nitrogens is 1. The monoisotopic (exact) mass is 609 g/mol. The Hall–Kier alpha value is -1.55. The number of methoxy groups -OCH3 is 1. The molecule has 1 aliphatic rings. The number of unbranched alkanes of at least 4 members (excludes halogenated alkanes) is 16. The normalized spacial score (nSPS) is 20.3. The van der Waals surface area contributed by atoms with E-state index in [-0.39, 0.29) is 12.5 Å². The van der Waals surface area contributed by atoms with E-state index < -0.39 is 29.7 Å². The fraction of sp³-hybridized carbons (Fsp3) is 0.848. The van der Waals surface area contributed by atoms with Crippen molar-refractivity contribution in [3.05, 3.63) is 33.1 Å². The number of nitrogens with one attached hydrogen (secondary N) is 2. The molecule has 1 aromatic rings. The van der Waals surface area contributed by atoms with Crippen LogP contribution >= 0.6 is 12.2 Å². The molecule has 3 N–H and O–H groups in total. The molecule has 1 aromatic heterocycles. The summed E-state index contributed by atoms with van der Waals surface area (Å²) in [6.45, 7) is 3.46. The number of thiocarbonyl (C=S) groups is 1. The summed E-state index contributed by atoms with van der Waals surface area (Å²) in [6.07, 6.45) is 24.4. The van der Waals surface area contributed by atoms with E-state index in [1.807, 2.05) is 0 Å². The number of hydrogen-bond donors (Lipinski definition) is 3. The van der Waals surface area contributed by atoms with E-state index in [9.17, 15) is 14.7 Å². The second-order valence-electron chi connectivity index (χ2n) is 12.1. The van der Waals surface area contributed by atoms with Crippen LogP contribution in [0.3, 0.4) is 0 Å². The topological polar surface area (TPSA) is 106 Å². The minimum atomic E-state index is -0.728. The molecule has 1 aliphatic heterocycles. The number of ether oxygens (including phenoxy) is 2. The standard InChI is InChI=1S/C33H59N3O5S/c1-3-4-5-6-7-8-9-10-11-12-13-16-19-22-30(42)34-24-20-17-14-15-18-21-27-31(38)28(26-40-2)41-32(27)36-25-23-29(37)35-33(36)39/h23,25,27-28,31-32,38H,3-22,24,26H2,1-2H3,(H,34,42)(H,35,37,39)/t27?,28-,31-,32-/m1/s1. The van der Waals surface area contributed by atoms with Gasteiger partial charge in [0.2, 0.25) is 0 Å². The fourth-order valence-corrected chi connectivity index (χ4v) is 6.22. The van der Waals surface area contributed by atoms with Gasteiger partial charge in [-0.15, -0.1) is 0 Å². The van der Waals surface area contributed by atoms with Crippen LogP contribution in [0.15, 0.2) is 21.9 Å². The van der Waals surface area contributed by atoms with Crippen molar-refractivity contribution >= 4 is 17.2 Å². The fourth-order valence-electron chi connectivity index (χ4n) is 5.97. The van der Waals surface area contributed by atoms with Gasteiger partial charge in [0, 0.05) is 31.8 Å². The Morgan fingerprint density at radius 2 is 1.50 bits per heavy atom. The van der Waals surface area contributed by atoms with Gasteiger partial charge in [-0.1, -0.05) is 122 Å². The van der Waals surface area contributed by atoms with E-state index in [4.69, 9.17) is 21.7 Å². The van der Waals surface area contributed by atoms with Gasteiger partial charge in [0.05, 0.1) is 17.7 Å². The number of aromatic nitrogens is 2. The number of rotatable bonds is 25. The van der Waals surface area contributed by atoms with Crippen LogP contribution in [0.25, 0.3) is 0 Å². The molecule has 0 bridgehead atoms. The summed E-state index contributed by atoms with van der Waals surface area (Å²) in [4.78, 5) is 27.1. The molecule has 0 spiro atoms. The first-order chi connectivity index (χ1) is 20.5. The SMILES string of the molecule is CCCCCCCCCCCCCCCC(=S)NCCCCCCCC1[C@@H](O)[C@@H](COC)O[C@H]1n1ccc(=O)[nH]c1=O. The average Bonchev–Trinajstić information content (AvgIpc) is 3.27. The summed E-state index contributed by atoms with van der Waals surface area (Å²) >= 11 is 5.53. The van der Waals surface area contributed by atoms with Gasteiger partial charge < -0.3 is 19.9 Å². The van der Waals surface area contributed by atoms with Crippen molar-refractivity contribution in [2.75, 3.05) is 20.3 Å². The van der Waals surface area contributed by atoms with E-state index in [1.54, 1.807) is 7.11 Å². The van der Waals surface area contributed by atoms with Crippen molar-refractivity contribution in [1.82, 2.24) is 14.9 Å². The van der Waals surface area contributed by atoms with Crippen molar-refractivity contribution in [3.63, 3.8) is 0 Å². The Morgan fingerprint density at radius 3 is 2.10 bits per heavy atom. The van der Waals surface area contributed by atoms with Crippen molar-refractivity contribution in [1.29, 1.82) is 0 Å². The van der Waals surface area contributed by atoms with Crippen LogP contribution in [-0.4, -0.2) is 52.1 Å². The predicted molar refractivity (Wildman–Crippen MR) is 175 cm³/mol. The third-order valence-corrected chi connectivity index (χ3v) is 8.85. The molecule has 0 aliphatic carbocycles. The molecule has 42 heavy (non-hydrogen) atoms. The first-order valence-electron chi connectivity index (χ1n) is 16.9. The van der Waals surface area contributed by atoms with Crippen LogP contribution in [0, 0.1) is 5.92 Å². The molecule has 1 unspecified atom stereocenters. The number of aromatic amines is 1. The Labute approximate surface area is 259 Å². The van der Waals surface area contributed by atoms with E-state index >= 15 is 0 Å². The molecule has 2 heterocycles. The second-order valence-corrected chi connectivity index (χ2v) is 12.6. The van der Waals surface area contributed by atoms with Crippen molar-refractivity contribution in [2.45, 2.75) is 154 Å². The molecule has 242 valence electrons. The molecule has 9 heteroatoms. The van der Waals surface area contributed by atoms with Gasteiger partial charge in [0.1, 0.15) is 12.3 Å². The van der Waals surface area contributed by atoms with Crippen LogP contribution in [0.2, 0.25) is 0 Å². The average molecular weight is 610 g/mol. The molecule has 1 fully saturated rings. The Balaban J connectivity index is 1.47. The lowest BCUT2D eigenvalue weighted by Crippen LogP contribution is -2.34. The van der Waals surface area contributed by atoms with E-state index in [0.29, 0.717) is 0 Å². The largest absolute Gasteiger partial charge is 0.390 e. The smallest absolute Gasteiger partial charge is 0.330 e. The molecule has 0 aromatic carbocycles. The molecular weight excluding hydrogens is 550 g/mol. The van der Waals surface area contributed by atoms with Crippen LogP contribution in [0.1, 0.15) is 142 Å². The summed E-state index contributed by atoms with van der Waals surface area (Å²) in [5.41, 5.74) is -0.975. The van der Waals surface area contributed by atoms with Gasteiger partial charge in [-0.2, -0.15) is 0 Å². The minimum absolute atomic E-state index is 0.238. The summed E-state index contributed by atoms with van der Waals surface area (Å²) in [5, 5.41) is 14.3. The number of hydrogen-bond acceptors (Lipinski definition) is 6. The van der Waals surface area contributed by atoms with Gasteiger partial charge in [-0.05, 0) is 25.7 Å². The number of aliphatic hydroxyl groups excluding tert-OH is 1. The maximum atomic E-state index is 12.3. The van der Waals surface area contributed by atoms with Crippen molar-refractivity contribution in [3.8, 4) is 0 Å². The molecular formula is C33H59N3O5S.